The van der Waals surface area contributed by atoms with Crippen molar-refractivity contribution in [3.05, 3.63) is 41.2 Å². The fourth-order valence-corrected chi connectivity index (χ4v) is 5.45. The predicted octanol–water partition coefficient (Wildman–Crippen LogP) is 3.28. The number of likely N-dealkylation sites (tertiary alicyclic amines) is 2. The average molecular weight is 444 g/mol. The van der Waals surface area contributed by atoms with E-state index in [1.807, 2.05) is 35.0 Å². The molecule has 2 aromatic rings. The van der Waals surface area contributed by atoms with Crippen molar-refractivity contribution in [2.75, 3.05) is 44.7 Å². The molecular weight excluding hydrogens is 410 g/mol. The summed E-state index contributed by atoms with van der Waals surface area (Å²) in [5.41, 5.74) is 0.986. The number of carbonyl (C=O) groups excluding carboxylic acids is 1. The van der Waals surface area contributed by atoms with E-state index in [-0.39, 0.29) is 5.91 Å². The average Bonchev–Trinajstić information content (AvgIpc) is 3.30. The molecule has 2 aliphatic heterocycles. The molecule has 7 nitrogen and oxygen atoms in total. The molecule has 0 spiro atoms. The molecule has 2 fully saturated rings. The Balaban J connectivity index is 1.29. The van der Waals surface area contributed by atoms with Crippen LogP contribution in [0.1, 0.15) is 48.0 Å². The number of hydrogen-bond donors (Lipinski definition) is 0. The van der Waals surface area contributed by atoms with Crippen LogP contribution in [0.25, 0.3) is 0 Å². The first-order chi connectivity index (χ1) is 15.1. The van der Waals surface area contributed by atoms with Gasteiger partial charge in [-0.05, 0) is 51.3 Å². The number of carbonyl (C=O) groups is 1. The zero-order chi connectivity index (χ0) is 21.6. The molecule has 1 amide bonds. The Morgan fingerprint density at radius 3 is 2.81 bits per heavy atom. The molecule has 2 saturated heterocycles. The van der Waals surface area contributed by atoms with Crippen LogP contribution >= 0.6 is 11.3 Å². The van der Waals surface area contributed by atoms with Gasteiger partial charge in [0.1, 0.15) is 4.88 Å². The van der Waals surface area contributed by atoms with Gasteiger partial charge in [-0.2, -0.15) is 0 Å². The predicted molar refractivity (Wildman–Crippen MR) is 124 cm³/mol. The molecule has 0 saturated carbocycles. The molecule has 4 rings (SSSR count). The third kappa shape index (κ3) is 5.61. The van der Waals surface area contributed by atoms with Gasteiger partial charge in [-0.3, -0.25) is 14.7 Å². The highest BCUT2D eigenvalue weighted by atomic mass is 32.1. The van der Waals surface area contributed by atoms with Gasteiger partial charge >= 0.3 is 0 Å². The number of thiazole rings is 1. The lowest BCUT2D eigenvalue weighted by molar-refractivity contribution is -0.0162. The van der Waals surface area contributed by atoms with E-state index in [1.165, 1.54) is 24.2 Å². The lowest BCUT2D eigenvalue weighted by Crippen LogP contribution is -2.51. The van der Waals surface area contributed by atoms with E-state index < -0.39 is 0 Å². The zero-order valence-electron chi connectivity index (χ0n) is 18.6. The van der Waals surface area contributed by atoms with Crippen LogP contribution in [-0.4, -0.2) is 77.7 Å². The Labute approximate surface area is 189 Å². The minimum atomic E-state index is 0.110. The fraction of sp³-hybridized carbons (Fsp3) is 0.609. The molecule has 1 unspecified atom stereocenters. The van der Waals surface area contributed by atoms with Gasteiger partial charge in [0.05, 0.1) is 24.5 Å². The van der Waals surface area contributed by atoms with E-state index in [1.54, 1.807) is 12.4 Å². The summed E-state index contributed by atoms with van der Waals surface area (Å²) in [6.07, 6.45) is 8.34. The normalized spacial score (nSPS) is 20.7. The summed E-state index contributed by atoms with van der Waals surface area (Å²) in [5, 5.41) is 0.846. The highest BCUT2D eigenvalue weighted by molar-refractivity contribution is 7.17. The minimum Gasteiger partial charge on any atom is -0.377 e. The number of piperidine rings is 2. The maximum absolute atomic E-state index is 13.0. The number of aromatic nitrogens is 2. The molecule has 0 bridgehead atoms. The van der Waals surface area contributed by atoms with Gasteiger partial charge in [-0.1, -0.05) is 17.4 Å². The van der Waals surface area contributed by atoms with Crippen molar-refractivity contribution in [3.8, 4) is 0 Å². The molecule has 4 heterocycles. The number of ether oxygens (including phenoxy) is 1. The van der Waals surface area contributed by atoms with E-state index in [0.717, 1.165) is 61.3 Å². The lowest BCUT2D eigenvalue weighted by Gasteiger charge is -2.42. The molecule has 1 atom stereocenters. The Bertz CT molecular complexity index is 836. The van der Waals surface area contributed by atoms with Gasteiger partial charge in [0.15, 0.2) is 5.13 Å². The molecule has 0 radical (unpaired) electrons. The van der Waals surface area contributed by atoms with Crippen molar-refractivity contribution < 1.29 is 9.53 Å². The Morgan fingerprint density at radius 2 is 2.06 bits per heavy atom. The maximum Gasteiger partial charge on any atom is 0.265 e. The van der Waals surface area contributed by atoms with E-state index >= 15 is 0 Å². The molecule has 8 heteroatoms. The first kappa shape index (κ1) is 22.2. The number of nitrogens with zero attached hydrogens (tertiary/aromatic N) is 5. The SMILES string of the molecule is CCOC1CCCN(C2CCN(C(=O)c3cnc(N(C)Cc4ccccn4)s3)CC2)C1. The third-order valence-electron chi connectivity index (χ3n) is 6.24. The van der Waals surface area contributed by atoms with Crippen molar-refractivity contribution in [3.63, 3.8) is 0 Å². The Hall–Kier alpha value is -2.03. The highest BCUT2D eigenvalue weighted by Gasteiger charge is 2.31. The maximum atomic E-state index is 13.0. The first-order valence-corrected chi connectivity index (χ1v) is 12.2. The third-order valence-corrected chi connectivity index (χ3v) is 7.34. The van der Waals surface area contributed by atoms with Crippen molar-refractivity contribution in [1.82, 2.24) is 19.8 Å². The van der Waals surface area contributed by atoms with Crippen molar-refractivity contribution >= 4 is 22.4 Å². The highest BCUT2D eigenvalue weighted by Crippen LogP contribution is 2.27. The fourth-order valence-electron chi connectivity index (χ4n) is 4.60. The van der Waals surface area contributed by atoms with Gasteiger partial charge in [-0.25, -0.2) is 4.98 Å². The summed E-state index contributed by atoms with van der Waals surface area (Å²) in [4.78, 5) is 29.2. The molecular formula is C23H33N5O2S. The molecule has 0 aliphatic carbocycles. The van der Waals surface area contributed by atoms with Crippen LogP contribution in [0.3, 0.4) is 0 Å². The van der Waals surface area contributed by atoms with Gasteiger partial charge < -0.3 is 14.5 Å². The molecule has 31 heavy (non-hydrogen) atoms. The van der Waals surface area contributed by atoms with Crippen molar-refractivity contribution in [2.24, 2.45) is 0 Å². The van der Waals surface area contributed by atoms with Crippen LogP contribution in [-0.2, 0) is 11.3 Å². The van der Waals surface area contributed by atoms with E-state index in [0.29, 0.717) is 18.7 Å². The Morgan fingerprint density at radius 1 is 1.23 bits per heavy atom. The first-order valence-electron chi connectivity index (χ1n) is 11.4. The van der Waals surface area contributed by atoms with Crippen LogP contribution < -0.4 is 4.90 Å². The van der Waals surface area contributed by atoms with Crippen LogP contribution in [0.2, 0.25) is 0 Å². The number of pyridine rings is 1. The molecule has 0 N–H and O–H groups in total. The van der Waals surface area contributed by atoms with Crippen LogP contribution in [0.4, 0.5) is 5.13 Å². The second-order valence-corrected chi connectivity index (χ2v) is 9.43. The van der Waals surface area contributed by atoms with Crippen molar-refractivity contribution in [1.29, 1.82) is 0 Å². The van der Waals surface area contributed by atoms with Crippen molar-refractivity contribution in [2.45, 2.75) is 51.3 Å². The number of amides is 1. The summed E-state index contributed by atoms with van der Waals surface area (Å²) in [6, 6.07) is 6.46. The summed E-state index contributed by atoms with van der Waals surface area (Å²) in [5.74, 6) is 0.110. The summed E-state index contributed by atoms with van der Waals surface area (Å²) in [6.45, 7) is 7.36. The number of anilines is 1. The van der Waals surface area contributed by atoms with E-state index in [9.17, 15) is 4.79 Å². The second-order valence-electron chi connectivity index (χ2n) is 8.42. The van der Waals surface area contributed by atoms with Gasteiger partial charge in [-0.15, -0.1) is 0 Å². The zero-order valence-corrected chi connectivity index (χ0v) is 19.4. The summed E-state index contributed by atoms with van der Waals surface area (Å²) >= 11 is 1.47. The molecule has 2 aliphatic rings. The van der Waals surface area contributed by atoms with Gasteiger partial charge in [0.2, 0.25) is 0 Å². The van der Waals surface area contributed by atoms with Crippen LogP contribution in [0, 0.1) is 0 Å². The standard InChI is InChI=1S/C23H33N5O2S/c1-3-30-20-8-6-12-28(17-20)19-9-13-27(14-10-19)22(29)21-15-25-23(31-21)26(2)16-18-7-4-5-11-24-18/h4-5,7,11,15,19-20H,3,6,8-10,12-14,16-17H2,1-2H3. The summed E-state index contributed by atoms with van der Waals surface area (Å²) in [7, 11) is 1.99. The smallest absolute Gasteiger partial charge is 0.265 e. The van der Waals surface area contributed by atoms with Crippen LogP contribution in [0.5, 0.6) is 0 Å². The lowest BCUT2D eigenvalue weighted by atomic mass is 9.99. The van der Waals surface area contributed by atoms with Crippen LogP contribution in [0.15, 0.2) is 30.6 Å². The van der Waals surface area contributed by atoms with E-state index in [4.69, 9.17) is 4.74 Å². The topological polar surface area (TPSA) is 61.8 Å². The monoisotopic (exact) mass is 443 g/mol. The van der Waals surface area contributed by atoms with Gasteiger partial charge in [0, 0.05) is 45.5 Å². The molecule has 168 valence electrons. The second kappa shape index (κ2) is 10.5. The van der Waals surface area contributed by atoms with Gasteiger partial charge in [0.25, 0.3) is 5.91 Å². The largest absolute Gasteiger partial charge is 0.377 e. The van der Waals surface area contributed by atoms with E-state index in [2.05, 4.69) is 21.8 Å². The quantitative estimate of drug-likeness (QED) is 0.655. The number of hydrogen-bond acceptors (Lipinski definition) is 7. The number of rotatable bonds is 7. The Kier molecular flexibility index (Phi) is 7.53. The molecule has 2 aromatic heterocycles. The minimum absolute atomic E-state index is 0.110. The summed E-state index contributed by atoms with van der Waals surface area (Å²) < 4.78 is 5.86. The molecule has 0 aromatic carbocycles.